The third kappa shape index (κ3) is 3.62. The molecule has 0 aliphatic heterocycles. The Bertz CT molecular complexity index is 382. The Morgan fingerprint density at radius 2 is 2.25 bits per heavy atom. The van der Waals surface area contributed by atoms with E-state index >= 15 is 0 Å². The third-order valence-corrected chi connectivity index (χ3v) is 3.17. The van der Waals surface area contributed by atoms with E-state index in [9.17, 15) is 10.1 Å². The third-order valence-electron chi connectivity index (χ3n) is 2.49. The lowest BCUT2D eigenvalue weighted by molar-refractivity contribution is -0.384. The lowest BCUT2D eigenvalue weighted by atomic mass is 10.1. The Hall–Kier alpha value is -0.850. The second-order valence-corrected chi connectivity index (χ2v) is 5.06. The molecule has 0 aliphatic carbocycles. The van der Waals surface area contributed by atoms with Crippen molar-refractivity contribution < 1.29 is 4.92 Å². The van der Waals surface area contributed by atoms with Gasteiger partial charge in [-0.3, -0.25) is 10.1 Å². The van der Waals surface area contributed by atoms with Gasteiger partial charge in [-0.25, -0.2) is 0 Å². The fourth-order valence-electron chi connectivity index (χ4n) is 1.23. The smallest absolute Gasteiger partial charge is 0.293 e. The standard InChI is InChI=1S/C11H15IN2O2/c1-3-8(2)7-13-10-5-4-9(12)6-11(10)14(15)16/h4-6,8,13H,3,7H2,1-2H3. The second-order valence-electron chi connectivity index (χ2n) is 3.81. The highest BCUT2D eigenvalue weighted by Gasteiger charge is 2.14. The summed E-state index contributed by atoms with van der Waals surface area (Å²) in [5.41, 5.74) is 0.751. The summed E-state index contributed by atoms with van der Waals surface area (Å²) in [6.07, 6.45) is 1.06. The van der Waals surface area contributed by atoms with E-state index in [1.54, 1.807) is 12.1 Å². The van der Waals surface area contributed by atoms with Crippen LogP contribution in [0.15, 0.2) is 18.2 Å². The summed E-state index contributed by atoms with van der Waals surface area (Å²) in [5, 5.41) is 14.0. The first-order valence-electron chi connectivity index (χ1n) is 5.22. The largest absolute Gasteiger partial charge is 0.379 e. The molecular weight excluding hydrogens is 319 g/mol. The Morgan fingerprint density at radius 1 is 1.56 bits per heavy atom. The summed E-state index contributed by atoms with van der Waals surface area (Å²) >= 11 is 2.07. The number of halogens is 1. The van der Waals surface area contributed by atoms with E-state index in [0.29, 0.717) is 11.6 Å². The van der Waals surface area contributed by atoms with Crippen molar-refractivity contribution in [3.05, 3.63) is 31.9 Å². The quantitative estimate of drug-likeness (QED) is 0.508. The molecule has 1 aromatic carbocycles. The van der Waals surface area contributed by atoms with E-state index in [0.717, 1.165) is 16.5 Å². The minimum Gasteiger partial charge on any atom is -0.379 e. The number of hydrogen-bond donors (Lipinski definition) is 1. The molecule has 1 rings (SSSR count). The zero-order valence-corrected chi connectivity index (χ0v) is 11.5. The molecule has 16 heavy (non-hydrogen) atoms. The van der Waals surface area contributed by atoms with E-state index in [1.165, 1.54) is 0 Å². The number of benzene rings is 1. The molecule has 0 spiro atoms. The van der Waals surface area contributed by atoms with Gasteiger partial charge in [0.2, 0.25) is 0 Å². The molecule has 1 aromatic rings. The number of rotatable bonds is 5. The van der Waals surface area contributed by atoms with Crippen LogP contribution in [-0.2, 0) is 0 Å². The molecule has 0 amide bonds. The van der Waals surface area contributed by atoms with Crippen molar-refractivity contribution in [3.63, 3.8) is 0 Å². The first-order chi connectivity index (χ1) is 7.54. The summed E-state index contributed by atoms with van der Waals surface area (Å²) in [6.45, 7) is 4.98. The minimum atomic E-state index is -0.346. The van der Waals surface area contributed by atoms with Crippen molar-refractivity contribution >= 4 is 34.0 Å². The number of nitrogens with one attached hydrogen (secondary N) is 1. The predicted octanol–water partition coefficient (Wildman–Crippen LogP) is 3.66. The predicted molar refractivity (Wildman–Crippen MR) is 73.8 cm³/mol. The van der Waals surface area contributed by atoms with Crippen LogP contribution in [0.2, 0.25) is 0 Å². The van der Waals surface area contributed by atoms with E-state index in [1.807, 2.05) is 6.07 Å². The molecule has 88 valence electrons. The second kappa shape index (κ2) is 6.03. The molecule has 1 N–H and O–H groups in total. The molecule has 4 nitrogen and oxygen atoms in total. The molecular formula is C11H15IN2O2. The highest BCUT2D eigenvalue weighted by atomic mass is 127. The van der Waals surface area contributed by atoms with Crippen LogP contribution in [-0.4, -0.2) is 11.5 Å². The van der Waals surface area contributed by atoms with Crippen LogP contribution in [0, 0.1) is 19.6 Å². The fourth-order valence-corrected chi connectivity index (χ4v) is 1.71. The van der Waals surface area contributed by atoms with Crippen LogP contribution < -0.4 is 5.32 Å². The molecule has 0 aliphatic rings. The lowest BCUT2D eigenvalue weighted by Crippen LogP contribution is -2.11. The van der Waals surface area contributed by atoms with Gasteiger partial charge in [-0.05, 0) is 40.6 Å². The van der Waals surface area contributed by atoms with Gasteiger partial charge in [0, 0.05) is 16.2 Å². The van der Waals surface area contributed by atoms with Crippen molar-refractivity contribution in [1.29, 1.82) is 0 Å². The summed E-state index contributed by atoms with van der Waals surface area (Å²) in [5.74, 6) is 0.513. The molecule has 5 heteroatoms. The van der Waals surface area contributed by atoms with Crippen molar-refractivity contribution in [3.8, 4) is 0 Å². The average molecular weight is 334 g/mol. The van der Waals surface area contributed by atoms with Crippen LogP contribution in [0.1, 0.15) is 20.3 Å². The molecule has 0 heterocycles. The Balaban J connectivity index is 2.82. The fraction of sp³-hybridized carbons (Fsp3) is 0.455. The van der Waals surface area contributed by atoms with Crippen molar-refractivity contribution in [1.82, 2.24) is 0 Å². The normalized spacial score (nSPS) is 12.2. The molecule has 0 fully saturated rings. The van der Waals surface area contributed by atoms with Gasteiger partial charge in [-0.15, -0.1) is 0 Å². The van der Waals surface area contributed by atoms with E-state index < -0.39 is 0 Å². The summed E-state index contributed by atoms with van der Waals surface area (Å²) in [6, 6.07) is 5.22. The zero-order chi connectivity index (χ0) is 12.1. The molecule has 1 atom stereocenters. The lowest BCUT2D eigenvalue weighted by Gasteiger charge is -2.11. The summed E-state index contributed by atoms with van der Waals surface area (Å²) in [4.78, 5) is 10.5. The van der Waals surface area contributed by atoms with Gasteiger partial charge in [0.15, 0.2) is 0 Å². The summed E-state index contributed by atoms with van der Waals surface area (Å²) in [7, 11) is 0. The monoisotopic (exact) mass is 334 g/mol. The number of nitro benzene ring substituents is 1. The van der Waals surface area contributed by atoms with Crippen LogP contribution in [0.25, 0.3) is 0 Å². The van der Waals surface area contributed by atoms with Crippen molar-refractivity contribution in [2.75, 3.05) is 11.9 Å². The van der Waals surface area contributed by atoms with Crippen LogP contribution in [0.4, 0.5) is 11.4 Å². The van der Waals surface area contributed by atoms with E-state index in [-0.39, 0.29) is 10.6 Å². The maximum absolute atomic E-state index is 10.9. The van der Waals surface area contributed by atoms with Gasteiger partial charge in [0.1, 0.15) is 5.69 Å². The number of nitro groups is 1. The first kappa shape index (κ1) is 13.2. The maximum atomic E-state index is 10.9. The molecule has 0 saturated carbocycles. The summed E-state index contributed by atoms with van der Waals surface area (Å²) < 4.78 is 0.874. The highest BCUT2D eigenvalue weighted by molar-refractivity contribution is 14.1. The number of hydrogen-bond acceptors (Lipinski definition) is 3. The molecule has 0 aromatic heterocycles. The van der Waals surface area contributed by atoms with Gasteiger partial charge in [0.25, 0.3) is 5.69 Å². The van der Waals surface area contributed by atoms with Gasteiger partial charge in [-0.1, -0.05) is 20.3 Å². The topological polar surface area (TPSA) is 55.2 Å². The maximum Gasteiger partial charge on any atom is 0.293 e. The van der Waals surface area contributed by atoms with Gasteiger partial charge in [0.05, 0.1) is 4.92 Å². The molecule has 0 saturated heterocycles. The Kier molecular flexibility index (Phi) is 4.98. The van der Waals surface area contributed by atoms with Gasteiger partial charge >= 0.3 is 0 Å². The van der Waals surface area contributed by atoms with Crippen LogP contribution >= 0.6 is 22.6 Å². The van der Waals surface area contributed by atoms with Gasteiger partial charge in [-0.2, -0.15) is 0 Å². The van der Waals surface area contributed by atoms with E-state index in [4.69, 9.17) is 0 Å². The van der Waals surface area contributed by atoms with Crippen molar-refractivity contribution in [2.45, 2.75) is 20.3 Å². The molecule has 1 unspecified atom stereocenters. The number of anilines is 1. The molecule has 0 radical (unpaired) electrons. The zero-order valence-electron chi connectivity index (χ0n) is 9.37. The average Bonchev–Trinajstić information content (AvgIpc) is 2.26. The van der Waals surface area contributed by atoms with Gasteiger partial charge < -0.3 is 5.32 Å². The van der Waals surface area contributed by atoms with E-state index in [2.05, 4.69) is 41.8 Å². The molecule has 0 bridgehead atoms. The number of nitrogens with zero attached hydrogens (tertiary/aromatic N) is 1. The van der Waals surface area contributed by atoms with Crippen LogP contribution in [0.5, 0.6) is 0 Å². The first-order valence-corrected chi connectivity index (χ1v) is 6.30. The minimum absolute atomic E-state index is 0.148. The Morgan fingerprint density at radius 3 is 2.81 bits per heavy atom. The Labute approximate surface area is 109 Å². The van der Waals surface area contributed by atoms with Crippen molar-refractivity contribution in [2.24, 2.45) is 5.92 Å². The highest BCUT2D eigenvalue weighted by Crippen LogP contribution is 2.26. The SMILES string of the molecule is CCC(C)CNc1ccc(I)cc1[N+](=O)[O-]. The van der Waals surface area contributed by atoms with Crippen LogP contribution in [0.3, 0.4) is 0 Å².